The summed E-state index contributed by atoms with van der Waals surface area (Å²) in [7, 11) is 0. The molecule has 0 saturated carbocycles. The molecule has 1 heterocycles. The van der Waals surface area contributed by atoms with Crippen LogP contribution in [0.1, 0.15) is 53.2 Å². The summed E-state index contributed by atoms with van der Waals surface area (Å²) in [5.74, 6) is 0.472. The van der Waals surface area contributed by atoms with Gasteiger partial charge in [-0.2, -0.15) is 0 Å². The van der Waals surface area contributed by atoms with Crippen molar-refractivity contribution < 1.29 is 4.79 Å². The highest BCUT2D eigenvalue weighted by Crippen LogP contribution is 2.30. The number of hydrogen-bond acceptors (Lipinski definition) is 2. The lowest BCUT2D eigenvalue weighted by molar-refractivity contribution is 0.0916. The summed E-state index contributed by atoms with van der Waals surface area (Å²) in [4.78, 5) is 14.5. The quantitative estimate of drug-likeness (QED) is 0.839. The molecule has 0 bridgehead atoms. The number of rotatable bonds is 4. The van der Waals surface area contributed by atoms with Crippen molar-refractivity contribution in [1.29, 1.82) is 0 Å². The van der Waals surface area contributed by atoms with Crippen LogP contribution in [0.5, 0.6) is 0 Å². The Labute approximate surface area is 118 Å². The Hall–Kier alpha value is -0.540. The van der Waals surface area contributed by atoms with Crippen LogP contribution in [0.25, 0.3) is 0 Å². The highest BCUT2D eigenvalue weighted by atomic mass is 35.5. The first-order valence-electron chi connectivity index (χ1n) is 6.58. The van der Waals surface area contributed by atoms with Gasteiger partial charge in [-0.05, 0) is 50.7 Å². The molecular formula is C14H20ClNOS. The highest BCUT2D eigenvalue weighted by molar-refractivity contribution is 7.14. The second-order valence-electron chi connectivity index (χ2n) is 5.27. The number of hydrogen-bond donors (Lipinski definition) is 1. The van der Waals surface area contributed by atoms with Crippen LogP contribution in [-0.4, -0.2) is 17.3 Å². The lowest BCUT2D eigenvalue weighted by Crippen LogP contribution is -2.46. The number of halogens is 1. The molecule has 0 aromatic carbocycles. The third-order valence-corrected chi connectivity index (χ3v) is 5.54. The van der Waals surface area contributed by atoms with E-state index in [0.717, 1.165) is 24.1 Å². The van der Waals surface area contributed by atoms with E-state index in [-0.39, 0.29) is 11.4 Å². The second kappa shape index (κ2) is 5.62. The molecule has 1 N–H and O–H groups in total. The van der Waals surface area contributed by atoms with Gasteiger partial charge in [-0.1, -0.05) is 6.92 Å². The molecule has 0 radical (unpaired) electrons. The summed E-state index contributed by atoms with van der Waals surface area (Å²) >= 11 is 7.58. The van der Waals surface area contributed by atoms with E-state index in [1.807, 2.05) is 13.8 Å². The minimum absolute atomic E-state index is 0.0272. The Bertz CT molecular complexity index is 414. The summed E-state index contributed by atoms with van der Waals surface area (Å²) in [5, 5.41) is 3.06. The van der Waals surface area contributed by atoms with Crippen LogP contribution in [0.4, 0.5) is 0 Å². The Morgan fingerprint density at radius 3 is 2.83 bits per heavy atom. The number of aryl methyl sites for hydroxylation is 2. The van der Waals surface area contributed by atoms with Crippen LogP contribution in [0.15, 0.2) is 6.07 Å². The van der Waals surface area contributed by atoms with Gasteiger partial charge in [0.25, 0.3) is 5.91 Å². The van der Waals surface area contributed by atoms with Crippen LogP contribution in [-0.2, 0) is 12.8 Å². The van der Waals surface area contributed by atoms with Gasteiger partial charge in [-0.15, -0.1) is 22.9 Å². The minimum Gasteiger partial charge on any atom is -0.345 e. The largest absolute Gasteiger partial charge is 0.345 e. The lowest BCUT2D eigenvalue weighted by Gasteiger charge is -2.26. The lowest BCUT2D eigenvalue weighted by atomic mass is 9.99. The normalized spacial score (nSPS) is 17.9. The van der Waals surface area contributed by atoms with Crippen molar-refractivity contribution in [3.8, 4) is 0 Å². The molecule has 1 amide bonds. The van der Waals surface area contributed by atoms with Crippen molar-refractivity contribution in [3.63, 3.8) is 0 Å². The Morgan fingerprint density at radius 2 is 2.22 bits per heavy atom. The number of thiophene rings is 1. The van der Waals surface area contributed by atoms with E-state index in [4.69, 9.17) is 11.6 Å². The molecule has 1 unspecified atom stereocenters. The van der Waals surface area contributed by atoms with E-state index < -0.39 is 0 Å². The number of fused-ring (bicyclic) bond motifs is 1. The first-order chi connectivity index (χ1) is 8.58. The van der Waals surface area contributed by atoms with Gasteiger partial charge in [0.15, 0.2) is 0 Å². The zero-order valence-electron chi connectivity index (χ0n) is 11.0. The topological polar surface area (TPSA) is 29.1 Å². The minimum atomic E-state index is -0.302. The molecule has 0 spiro atoms. The van der Waals surface area contributed by atoms with E-state index in [1.54, 1.807) is 11.3 Å². The predicted molar refractivity (Wildman–Crippen MR) is 77.8 cm³/mol. The Balaban J connectivity index is 2.11. The third kappa shape index (κ3) is 2.89. The zero-order chi connectivity index (χ0) is 13.2. The molecule has 100 valence electrons. The van der Waals surface area contributed by atoms with E-state index in [1.165, 1.54) is 23.3 Å². The van der Waals surface area contributed by atoms with Crippen molar-refractivity contribution in [3.05, 3.63) is 21.4 Å². The molecule has 1 aromatic rings. The standard InChI is InChI=1S/C14H20ClNOS/c1-3-14(2,9-15)16-13(17)12-8-10-6-4-5-7-11(10)18-12/h8H,3-7,9H2,1-2H3,(H,16,17). The number of nitrogens with one attached hydrogen (secondary N) is 1. The van der Waals surface area contributed by atoms with Crippen LogP contribution >= 0.6 is 22.9 Å². The van der Waals surface area contributed by atoms with Crippen LogP contribution in [0.3, 0.4) is 0 Å². The molecule has 1 aromatic heterocycles. The smallest absolute Gasteiger partial charge is 0.261 e. The fraction of sp³-hybridized carbons (Fsp3) is 0.643. The van der Waals surface area contributed by atoms with Crippen molar-refractivity contribution in [1.82, 2.24) is 5.32 Å². The number of alkyl halides is 1. The SMILES string of the molecule is CCC(C)(CCl)NC(=O)c1cc2c(s1)CCCC2. The third-order valence-electron chi connectivity index (χ3n) is 3.71. The maximum absolute atomic E-state index is 12.2. The van der Waals surface area contributed by atoms with Crippen LogP contribution in [0.2, 0.25) is 0 Å². The zero-order valence-corrected chi connectivity index (χ0v) is 12.6. The second-order valence-corrected chi connectivity index (χ2v) is 6.67. The average molecular weight is 286 g/mol. The van der Waals surface area contributed by atoms with E-state index in [2.05, 4.69) is 11.4 Å². The molecule has 2 nitrogen and oxygen atoms in total. The van der Waals surface area contributed by atoms with Crippen LogP contribution < -0.4 is 5.32 Å². The van der Waals surface area contributed by atoms with Gasteiger partial charge in [-0.25, -0.2) is 0 Å². The average Bonchev–Trinajstić information content (AvgIpc) is 2.82. The van der Waals surface area contributed by atoms with Gasteiger partial charge in [0, 0.05) is 10.8 Å². The fourth-order valence-corrected chi connectivity index (χ4v) is 3.56. The van der Waals surface area contributed by atoms with Crippen molar-refractivity contribution in [2.45, 2.75) is 51.5 Å². The summed E-state index contributed by atoms with van der Waals surface area (Å²) < 4.78 is 0. The summed E-state index contributed by atoms with van der Waals surface area (Å²) in [6.07, 6.45) is 5.60. The Kier molecular flexibility index (Phi) is 4.33. The molecule has 1 aliphatic carbocycles. The molecule has 0 fully saturated rings. The molecule has 1 aliphatic rings. The van der Waals surface area contributed by atoms with Crippen LogP contribution in [0, 0.1) is 0 Å². The molecule has 0 saturated heterocycles. The van der Waals surface area contributed by atoms with E-state index >= 15 is 0 Å². The monoisotopic (exact) mass is 285 g/mol. The molecule has 4 heteroatoms. The molecular weight excluding hydrogens is 266 g/mol. The molecule has 1 atom stereocenters. The summed E-state index contributed by atoms with van der Waals surface area (Å²) in [6, 6.07) is 2.07. The van der Waals surface area contributed by atoms with Crippen molar-refractivity contribution in [2.75, 3.05) is 5.88 Å². The van der Waals surface area contributed by atoms with E-state index in [9.17, 15) is 4.79 Å². The number of carbonyl (C=O) groups is 1. The Morgan fingerprint density at radius 1 is 1.50 bits per heavy atom. The van der Waals surface area contributed by atoms with Gasteiger partial charge in [0.1, 0.15) is 0 Å². The maximum atomic E-state index is 12.2. The number of carbonyl (C=O) groups excluding carboxylic acids is 1. The molecule has 2 rings (SSSR count). The molecule has 18 heavy (non-hydrogen) atoms. The maximum Gasteiger partial charge on any atom is 0.261 e. The van der Waals surface area contributed by atoms with Gasteiger partial charge in [0.05, 0.1) is 10.4 Å². The van der Waals surface area contributed by atoms with Crippen molar-refractivity contribution in [2.24, 2.45) is 0 Å². The van der Waals surface area contributed by atoms with Crippen molar-refractivity contribution >= 4 is 28.8 Å². The first-order valence-corrected chi connectivity index (χ1v) is 7.93. The molecule has 0 aliphatic heterocycles. The highest BCUT2D eigenvalue weighted by Gasteiger charge is 2.25. The van der Waals surface area contributed by atoms with E-state index in [0.29, 0.717) is 5.88 Å². The summed E-state index contributed by atoms with van der Waals surface area (Å²) in [5.41, 5.74) is 1.07. The first kappa shape index (κ1) is 13.9. The fourth-order valence-electron chi connectivity index (χ4n) is 2.15. The van der Waals surface area contributed by atoms with Gasteiger partial charge in [-0.3, -0.25) is 4.79 Å². The summed E-state index contributed by atoms with van der Waals surface area (Å²) in [6.45, 7) is 4.04. The van der Waals surface area contributed by atoms with Gasteiger partial charge < -0.3 is 5.32 Å². The van der Waals surface area contributed by atoms with Gasteiger partial charge >= 0.3 is 0 Å². The number of amides is 1. The predicted octanol–water partition coefficient (Wildman–Crippen LogP) is 3.76. The van der Waals surface area contributed by atoms with Gasteiger partial charge in [0.2, 0.25) is 0 Å².